The van der Waals surface area contributed by atoms with E-state index in [0.29, 0.717) is 25.7 Å². The largest absolute Gasteiger partial charge is 0.353 e. The van der Waals surface area contributed by atoms with Gasteiger partial charge in [-0.1, -0.05) is 6.92 Å². The molecule has 0 aliphatic rings. The molecule has 3 unspecified atom stereocenters. The van der Waals surface area contributed by atoms with Crippen LogP contribution in [0.3, 0.4) is 0 Å². The standard InChI is InChI=1S/C23H38N2O6/c1-15(6-7-16(2)26)12-23(31)25-21(14-19(5)29)10-11-22(30)24-20(13-18(4)28)9-8-17(3)27/h15,20-21H,6-14H2,1-5H3,(H,24,30)(H,25,31). The fourth-order valence-electron chi connectivity index (χ4n) is 3.28. The van der Waals surface area contributed by atoms with E-state index in [1.54, 1.807) is 0 Å². The van der Waals surface area contributed by atoms with Crippen LogP contribution in [-0.4, -0.2) is 47.0 Å². The first-order valence-electron chi connectivity index (χ1n) is 11.0. The molecule has 31 heavy (non-hydrogen) atoms. The Bertz CT molecular complexity index is 658. The Morgan fingerprint density at radius 2 is 0.968 bits per heavy atom. The van der Waals surface area contributed by atoms with Crippen LogP contribution >= 0.6 is 0 Å². The van der Waals surface area contributed by atoms with Gasteiger partial charge < -0.3 is 20.2 Å². The summed E-state index contributed by atoms with van der Waals surface area (Å²) >= 11 is 0. The highest BCUT2D eigenvalue weighted by molar-refractivity contribution is 5.81. The predicted molar refractivity (Wildman–Crippen MR) is 117 cm³/mol. The van der Waals surface area contributed by atoms with Crippen LogP contribution in [0.2, 0.25) is 0 Å². The Balaban J connectivity index is 4.70. The van der Waals surface area contributed by atoms with Crippen molar-refractivity contribution in [1.82, 2.24) is 10.6 Å². The number of carbonyl (C=O) groups is 6. The van der Waals surface area contributed by atoms with Crippen LogP contribution in [0.15, 0.2) is 0 Å². The molecule has 0 fully saturated rings. The first-order valence-corrected chi connectivity index (χ1v) is 11.0. The van der Waals surface area contributed by atoms with Crippen molar-refractivity contribution in [1.29, 1.82) is 0 Å². The molecule has 0 aliphatic heterocycles. The van der Waals surface area contributed by atoms with Gasteiger partial charge in [-0.15, -0.1) is 0 Å². The lowest BCUT2D eigenvalue weighted by Gasteiger charge is -2.20. The highest BCUT2D eigenvalue weighted by atomic mass is 16.2. The lowest BCUT2D eigenvalue weighted by molar-refractivity contribution is -0.126. The van der Waals surface area contributed by atoms with Crippen LogP contribution in [0, 0.1) is 5.92 Å². The summed E-state index contributed by atoms with van der Waals surface area (Å²) in [4.78, 5) is 69.9. The maximum atomic E-state index is 12.3. The third-order valence-corrected chi connectivity index (χ3v) is 4.89. The average molecular weight is 439 g/mol. The number of nitrogens with one attached hydrogen (secondary N) is 2. The minimum atomic E-state index is -0.459. The Labute approximate surface area is 185 Å². The summed E-state index contributed by atoms with van der Waals surface area (Å²) in [6.07, 6.45) is 2.64. The average Bonchev–Trinajstić information content (AvgIpc) is 2.61. The van der Waals surface area contributed by atoms with E-state index >= 15 is 0 Å². The fourth-order valence-corrected chi connectivity index (χ4v) is 3.28. The molecule has 0 bridgehead atoms. The lowest BCUT2D eigenvalue weighted by atomic mass is 9.99. The highest BCUT2D eigenvalue weighted by Gasteiger charge is 2.20. The quantitative estimate of drug-likeness (QED) is 0.359. The monoisotopic (exact) mass is 438 g/mol. The SMILES string of the molecule is CC(=O)CCC(C)CC(=O)NC(CCC(=O)NC(CCC(C)=O)CC(C)=O)CC(C)=O. The molecule has 0 radical (unpaired) electrons. The van der Waals surface area contributed by atoms with Crippen molar-refractivity contribution in [2.75, 3.05) is 0 Å². The van der Waals surface area contributed by atoms with Crippen LogP contribution < -0.4 is 10.6 Å². The molecule has 0 aromatic carbocycles. The van der Waals surface area contributed by atoms with Crippen molar-refractivity contribution >= 4 is 34.9 Å². The zero-order valence-electron chi connectivity index (χ0n) is 19.5. The molecule has 0 rings (SSSR count). The summed E-state index contributed by atoms with van der Waals surface area (Å²) in [6.45, 7) is 7.73. The lowest BCUT2D eigenvalue weighted by Crippen LogP contribution is -2.40. The van der Waals surface area contributed by atoms with Gasteiger partial charge in [0.05, 0.1) is 0 Å². The maximum absolute atomic E-state index is 12.3. The second-order valence-corrected chi connectivity index (χ2v) is 8.67. The molecule has 8 nitrogen and oxygen atoms in total. The molecule has 0 aromatic heterocycles. The summed E-state index contributed by atoms with van der Waals surface area (Å²) in [5.41, 5.74) is 0. The number of hydrogen-bond acceptors (Lipinski definition) is 6. The van der Waals surface area contributed by atoms with Gasteiger partial charge in [-0.3, -0.25) is 19.2 Å². The van der Waals surface area contributed by atoms with E-state index in [9.17, 15) is 28.8 Å². The Kier molecular flexibility index (Phi) is 14.2. The van der Waals surface area contributed by atoms with Crippen molar-refractivity contribution < 1.29 is 28.8 Å². The number of hydrogen-bond donors (Lipinski definition) is 2. The topological polar surface area (TPSA) is 126 Å². The van der Waals surface area contributed by atoms with Crippen molar-refractivity contribution in [3.8, 4) is 0 Å². The maximum Gasteiger partial charge on any atom is 0.220 e. The molecule has 2 N–H and O–H groups in total. The molecule has 8 heteroatoms. The second-order valence-electron chi connectivity index (χ2n) is 8.67. The van der Waals surface area contributed by atoms with Crippen LogP contribution in [0.1, 0.15) is 92.4 Å². The Morgan fingerprint density at radius 1 is 0.548 bits per heavy atom. The van der Waals surface area contributed by atoms with Gasteiger partial charge in [0.25, 0.3) is 0 Å². The molecule has 0 saturated carbocycles. The van der Waals surface area contributed by atoms with Gasteiger partial charge >= 0.3 is 0 Å². The van der Waals surface area contributed by atoms with E-state index < -0.39 is 12.1 Å². The van der Waals surface area contributed by atoms with Gasteiger partial charge in [0.2, 0.25) is 11.8 Å². The normalized spacial score (nSPS) is 13.6. The van der Waals surface area contributed by atoms with Crippen LogP contribution in [0.5, 0.6) is 0 Å². The van der Waals surface area contributed by atoms with E-state index in [-0.39, 0.29) is 73.0 Å². The Hall–Kier alpha value is -2.38. The van der Waals surface area contributed by atoms with E-state index in [2.05, 4.69) is 10.6 Å². The van der Waals surface area contributed by atoms with Gasteiger partial charge in [-0.05, 0) is 52.9 Å². The predicted octanol–water partition coefficient (Wildman–Crippen LogP) is 2.46. The molecule has 0 saturated heterocycles. The minimum Gasteiger partial charge on any atom is -0.353 e. The van der Waals surface area contributed by atoms with Crippen molar-refractivity contribution in [3.63, 3.8) is 0 Å². The molecular formula is C23H38N2O6. The zero-order chi connectivity index (χ0) is 24.0. The van der Waals surface area contributed by atoms with Gasteiger partial charge in [-0.2, -0.15) is 0 Å². The number of carbonyl (C=O) groups excluding carboxylic acids is 6. The van der Waals surface area contributed by atoms with Crippen molar-refractivity contribution in [2.24, 2.45) is 5.92 Å². The first-order chi connectivity index (χ1) is 14.4. The smallest absolute Gasteiger partial charge is 0.220 e. The summed E-state index contributed by atoms with van der Waals surface area (Å²) < 4.78 is 0. The first kappa shape index (κ1) is 28.6. The van der Waals surface area contributed by atoms with Gasteiger partial charge in [-0.25, -0.2) is 0 Å². The van der Waals surface area contributed by atoms with Crippen molar-refractivity contribution in [2.45, 2.75) is 104 Å². The fraction of sp³-hybridized carbons (Fsp3) is 0.739. The molecule has 3 atom stereocenters. The molecule has 176 valence electrons. The highest BCUT2D eigenvalue weighted by Crippen LogP contribution is 2.12. The molecule has 0 heterocycles. The summed E-state index contributed by atoms with van der Waals surface area (Å²) in [5.74, 6) is -0.547. The minimum absolute atomic E-state index is 0.00966. The number of Topliss-reactive ketones (excluding diaryl/α,β-unsaturated/α-hetero) is 4. The van der Waals surface area contributed by atoms with Crippen molar-refractivity contribution in [3.05, 3.63) is 0 Å². The number of ketones is 4. The van der Waals surface area contributed by atoms with E-state index in [0.717, 1.165) is 0 Å². The van der Waals surface area contributed by atoms with Gasteiger partial charge in [0.15, 0.2) is 0 Å². The van der Waals surface area contributed by atoms with Crippen LogP contribution in [0.25, 0.3) is 0 Å². The van der Waals surface area contributed by atoms with E-state index in [1.165, 1.54) is 27.7 Å². The summed E-state index contributed by atoms with van der Waals surface area (Å²) in [6, 6.07) is -0.865. The number of rotatable bonds is 17. The molecular weight excluding hydrogens is 400 g/mol. The summed E-state index contributed by atoms with van der Waals surface area (Å²) in [7, 11) is 0. The Morgan fingerprint density at radius 3 is 1.42 bits per heavy atom. The third-order valence-electron chi connectivity index (χ3n) is 4.89. The summed E-state index contributed by atoms with van der Waals surface area (Å²) in [5, 5.41) is 5.61. The van der Waals surface area contributed by atoms with Crippen LogP contribution in [-0.2, 0) is 28.8 Å². The third kappa shape index (κ3) is 17.0. The number of amides is 2. The van der Waals surface area contributed by atoms with E-state index in [4.69, 9.17) is 0 Å². The molecule has 0 aliphatic carbocycles. The van der Waals surface area contributed by atoms with Crippen LogP contribution in [0.4, 0.5) is 0 Å². The van der Waals surface area contributed by atoms with Gasteiger partial charge in [0, 0.05) is 50.6 Å². The second kappa shape index (κ2) is 15.4. The molecule has 0 spiro atoms. The van der Waals surface area contributed by atoms with Gasteiger partial charge in [0.1, 0.15) is 23.1 Å². The van der Waals surface area contributed by atoms with E-state index in [1.807, 2.05) is 6.92 Å². The zero-order valence-corrected chi connectivity index (χ0v) is 19.5. The molecule has 2 amide bonds. The molecule has 0 aromatic rings.